The van der Waals surface area contributed by atoms with Crippen molar-refractivity contribution in [3.05, 3.63) is 106 Å². The summed E-state index contributed by atoms with van der Waals surface area (Å²) < 4.78 is 50.1. The molecule has 0 aliphatic carbocycles. The fraction of sp³-hybridized carbons (Fsp3) is 0.226. The van der Waals surface area contributed by atoms with E-state index in [0.29, 0.717) is 34.3 Å². The number of ketones is 1. The highest BCUT2D eigenvalue weighted by molar-refractivity contribution is 6.17. The summed E-state index contributed by atoms with van der Waals surface area (Å²) in [7, 11) is 0. The van der Waals surface area contributed by atoms with E-state index >= 15 is 0 Å². The predicted octanol–water partition coefficient (Wildman–Crippen LogP) is 7.09. The summed E-state index contributed by atoms with van der Waals surface area (Å²) in [5, 5.41) is 9.31. The number of alkyl halides is 3. The number of aromatic nitrogens is 1. The van der Waals surface area contributed by atoms with Gasteiger partial charge in [-0.1, -0.05) is 66.2 Å². The molecule has 0 aliphatic heterocycles. The molecule has 40 heavy (non-hydrogen) atoms. The van der Waals surface area contributed by atoms with Gasteiger partial charge in [0, 0.05) is 28.7 Å². The molecule has 6 nitrogen and oxygen atoms in total. The van der Waals surface area contributed by atoms with Gasteiger partial charge in [-0.2, -0.15) is 0 Å². The Morgan fingerprint density at radius 3 is 2.30 bits per heavy atom. The molecule has 1 heterocycles. The Bertz CT molecular complexity index is 1550. The molecular weight excluding hydrogens is 523 g/mol. The van der Waals surface area contributed by atoms with E-state index in [2.05, 4.69) is 4.74 Å². The van der Waals surface area contributed by atoms with Gasteiger partial charge in [0.15, 0.2) is 11.9 Å². The first-order valence-corrected chi connectivity index (χ1v) is 12.5. The van der Waals surface area contributed by atoms with Crippen molar-refractivity contribution in [1.29, 1.82) is 0 Å². The van der Waals surface area contributed by atoms with Gasteiger partial charge in [-0.25, -0.2) is 4.79 Å². The Balaban J connectivity index is 1.62. The highest BCUT2D eigenvalue weighted by atomic mass is 19.4. The van der Waals surface area contributed by atoms with Crippen LogP contribution >= 0.6 is 0 Å². The molecular formula is C31H28F3NO5. The number of carbonyl (C=O) groups is 2. The van der Waals surface area contributed by atoms with Crippen LogP contribution in [0.4, 0.5) is 13.2 Å². The number of nitrogens with zero attached hydrogens (tertiary/aromatic N) is 1. The minimum absolute atomic E-state index is 0.170. The molecule has 0 bridgehead atoms. The number of carboxylic acid groups (broad SMARTS) is 1. The van der Waals surface area contributed by atoms with E-state index in [1.807, 2.05) is 60.0 Å². The zero-order valence-corrected chi connectivity index (χ0v) is 22.2. The van der Waals surface area contributed by atoms with Crippen LogP contribution in [0.15, 0.2) is 72.8 Å². The lowest BCUT2D eigenvalue weighted by Crippen LogP contribution is -2.19. The van der Waals surface area contributed by atoms with Crippen LogP contribution in [0.3, 0.4) is 0 Å². The van der Waals surface area contributed by atoms with Crippen LogP contribution in [0.5, 0.6) is 5.75 Å². The highest BCUT2D eigenvalue weighted by Gasteiger charge is 2.31. The summed E-state index contributed by atoms with van der Waals surface area (Å²) in [6.07, 6.45) is -1.98. The van der Waals surface area contributed by atoms with Gasteiger partial charge >= 0.3 is 12.3 Å². The fourth-order valence-corrected chi connectivity index (χ4v) is 4.34. The van der Waals surface area contributed by atoms with Gasteiger partial charge in [-0.15, -0.1) is 13.2 Å². The summed E-state index contributed by atoms with van der Waals surface area (Å²) in [5.74, 6) is -1.71. The molecule has 9 heteroatoms. The number of ether oxygens (including phenoxy) is 2. The number of hydrogen-bond acceptors (Lipinski definition) is 4. The molecule has 0 saturated carbocycles. The molecule has 0 radical (unpaired) electrons. The quantitative estimate of drug-likeness (QED) is 0.213. The number of hydrogen-bond donors (Lipinski definition) is 1. The van der Waals surface area contributed by atoms with E-state index < -0.39 is 24.2 Å². The fourth-order valence-electron chi connectivity index (χ4n) is 4.34. The number of aliphatic carboxylic acids is 1. The van der Waals surface area contributed by atoms with E-state index in [1.54, 1.807) is 19.1 Å². The van der Waals surface area contributed by atoms with Crippen molar-refractivity contribution < 1.29 is 37.3 Å². The topological polar surface area (TPSA) is 77.8 Å². The average Bonchev–Trinajstić information content (AvgIpc) is 3.17. The maximum Gasteiger partial charge on any atom is 0.573 e. The standard InChI is InChI=1S/C31H28F3NO5/c1-19-6-12-24(13-7-19)29(36)28-20(2)35(27-15-14-25(17-26(27)28)40-31(32,33)34)16-4-5-22-8-10-23(11-9-22)18-39-21(3)30(37)38/h4-15,17,21H,16,18H2,1-3H3,(H,37,38)/b5-4+/t21-/m1/s1. The van der Waals surface area contributed by atoms with Crippen LogP contribution in [0, 0.1) is 13.8 Å². The second-order valence-corrected chi connectivity index (χ2v) is 9.43. The van der Waals surface area contributed by atoms with Gasteiger partial charge in [-0.3, -0.25) is 4.79 Å². The minimum atomic E-state index is -4.86. The Kier molecular flexibility index (Phi) is 8.44. The van der Waals surface area contributed by atoms with Gasteiger partial charge in [0.05, 0.1) is 12.2 Å². The van der Waals surface area contributed by atoms with E-state index in [0.717, 1.165) is 16.7 Å². The molecule has 0 fully saturated rings. The second-order valence-electron chi connectivity index (χ2n) is 9.43. The molecule has 0 aliphatic rings. The number of benzene rings is 3. The zero-order chi connectivity index (χ0) is 29.0. The van der Waals surface area contributed by atoms with Gasteiger partial charge in [-0.05, 0) is 50.1 Å². The second kappa shape index (κ2) is 11.8. The van der Waals surface area contributed by atoms with Gasteiger partial charge in [0.25, 0.3) is 0 Å². The van der Waals surface area contributed by atoms with Crippen molar-refractivity contribution in [2.24, 2.45) is 0 Å². The van der Waals surface area contributed by atoms with Crippen LogP contribution < -0.4 is 4.74 Å². The highest BCUT2D eigenvalue weighted by Crippen LogP contribution is 2.33. The van der Waals surface area contributed by atoms with Crippen molar-refractivity contribution in [2.75, 3.05) is 0 Å². The average molecular weight is 552 g/mol. The molecule has 4 rings (SSSR count). The molecule has 208 valence electrons. The first-order chi connectivity index (χ1) is 18.9. The summed E-state index contributed by atoms with van der Waals surface area (Å²) in [6, 6.07) is 18.5. The van der Waals surface area contributed by atoms with Crippen LogP contribution in [-0.2, 0) is 22.7 Å². The monoisotopic (exact) mass is 551 g/mol. The molecule has 0 saturated heterocycles. The van der Waals surface area contributed by atoms with Crippen LogP contribution in [0.1, 0.15) is 45.2 Å². The SMILES string of the molecule is Cc1ccc(C(=O)c2c(C)n(C/C=C/c3ccc(CO[C@H](C)C(=O)O)cc3)c3ccc(OC(F)(F)F)cc23)cc1. The summed E-state index contributed by atoms with van der Waals surface area (Å²) >= 11 is 0. The molecule has 0 unspecified atom stereocenters. The van der Waals surface area contributed by atoms with E-state index in [1.165, 1.54) is 25.1 Å². The third kappa shape index (κ3) is 6.79. The molecule has 1 N–H and O–H groups in total. The molecule has 4 aromatic rings. The molecule has 1 aromatic heterocycles. The first kappa shape index (κ1) is 28.6. The minimum Gasteiger partial charge on any atom is -0.479 e. The molecule has 3 aromatic carbocycles. The van der Waals surface area contributed by atoms with Crippen molar-refractivity contribution in [3.63, 3.8) is 0 Å². The lowest BCUT2D eigenvalue weighted by Gasteiger charge is -2.09. The Hall–Kier alpha value is -4.37. The summed E-state index contributed by atoms with van der Waals surface area (Å²) in [4.78, 5) is 24.4. The van der Waals surface area contributed by atoms with E-state index in [4.69, 9.17) is 9.84 Å². The smallest absolute Gasteiger partial charge is 0.479 e. The van der Waals surface area contributed by atoms with Crippen LogP contribution in [0.25, 0.3) is 17.0 Å². The molecule has 0 amide bonds. The van der Waals surface area contributed by atoms with Crippen molar-refractivity contribution in [1.82, 2.24) is 4.57 Å². The Morgan fingerprint density at radius 2 is 1.68 bits per heavy atom. The third-order valence-electron chi connectivity index (χ3n) is 6.49. The normalized spacial score (nSPS) is 12.7. The van der Waals surface area contributed by atoms with Crippen LogP contribution in [-0.4, -0.2) is 33.9 Å². The van der Waals surface area contributed by atoms with Gasteiger partial charge in [0.1, 0.15) is 5.75 Å². The molecule has 1 atom stereocenters. The number of carbonyl (C=O) groups excluding carboxylic acids is 1. The largest absolute Gasteiger partial charge is 0.573 e. The Labute approximate surface area is 229 Å². The maximum absolute atomic E-state index is 13.5. The van der Waals surface area contributed by atoms with Crippen molar-refractivity contribution in [3.8, 4) is 5.75 Å². The van der Waals surface area contributed by atoms with Crippen molar-refractivity contribution in [2.45, 2.75) is 46.4 Å². The maximum atomic E-state index is 13.5. The molecule has 0 spiro atoms. The first-order valence-electron chi connectivity index (χ1n) is 12.5. The number of allylic oxidation sites excluding steroid dienone is 1. The van der Waals surface area contributed by atoms with Crippen LogP contribution in [0.2, 0.25) is 0 Å². The summed E-state index contributed by atoms with van der Waals surface area (Å²) in [5.41, 5.74) is 4.68. The van der Waals surface area contributed by atoms with E-state index in [-0.39, 0.29) is 12.4 Å². The van der Waals surface area contributed by atoms with Crippen molar-refractivity contribution >= 4 is 28.7 Å². The predicted molar refractivity (Wildman–Crippen MR) is 145 cm³/mol. The number of aryl methyl sites for hydroxylation is 1. The number of carboxylic acids is 1. The number of halogens is 3. The van der Waals surface area contributed by atoms with Gasteiger partial charge < -0.3 is 19.1 Å². The lowest BCUT2D eigenvalue weighted by atomic mass is 9.99. The third-order valence-corrected chi connectivity index (χ3v) is 6.49. The van der Waals surface area contributed by atoms with E-state index in [9.17, 15) is 22.8 Å². The zero-order valence-electron chi connectivity index (χ0n) is 22.2. The summed E-state index contributed by atoms with van der Waals surface area (Å²) in [6.45, 7) is 5.68. The number of rotatable bonds is 10. The van der Waals surface area contributed by atoms with Gasteiger partial charge in [0.2, 0.25) is 0 Å². The Morgan fingerprint density at radius 1 is 1.00 bits per heavy atom. The lowest BCUT2D eigenvalue weighted by molar-refractivity contribution is -0.274. The number of fused-ring (bicyclic) bond motifs is 1.